The van der Waals surface area contributed by atoms with Gasteiger partial charge in [-0.3, -0.25) is 0 Å². The van der Waals surface area contributed by atoms with Crippen LogP contribution in [0.15, 0.2) is 36.4 Å². The van der Waals surface area contributed by atoms with Gasteiger partial charge in [0.05, 0.1) is 7.11 Å². The van der Waals surface area contributed by atoms with E-state index in [1.165, 1.54) is 29.2 Å². The Kier molecular flexibility index (Phi) is 4.16. The monoisotopic (exact) mass is 283 g/mol. The maximum absolute atomic E-state index is 5.58. The first-order valence-electron chi connectivity index (χ1n) is 7.98. The molecule has 0 aliphatic heterocycles. The molecule has 21 heavy (non-hydrogen) atoms. The molecule has 1 aliphatic rings. The first-order valence-corrected chi connectivity index (χ1v) is 7.98. The molecule has 0 aromatic heterocycles. The molecule has 1 fully saturated rings. The fourth-order valence-corrected chi connectivity index (χ4v) is 3.58. The van der Waals surface area contributed by atoms with E-state index < -0.39 is 0 Å². The minimum atomic E-state index is 0.628. The minimum absolute atomic E-state index is 0.628. The van der Waals surface area contributed by atoms with Crippen molar-refractivity contribution < 1.29 is 4.74 Å². The average Bonchev–Trinajstić information content (AvgIpc) is 2.84. The summed E-state index contributed by atoms with van der Waals surface area (Å²) in [7, 11) is 1.76. The molecule has 2 heteroatoms. The van der Waals surface area contributed by atoms with E-state index in [2.05, 4.69) is 55.6 Å². The molecule has 0 heterocycles. The summed E-state index contributed by atoms with van der Waals surface area (Å²) in [4.78, 5) is 0. The zero-order chi connectivity index (χ0) is 14.8. The Morgan fingerprint density at radius 1 is 1.10 bits per heavy atom. The molecule has 0 spiro atoms. The molecular formula is C19H25NO. The summed E-state index contributed by atoms with van der Waals surface area (Å²) in [5.74, 6) is 2.57. The Balaban J connectivity index is 1.85. The van der Waals surface area contributed by atoms with Crippen molar-refractivity contribution in [1.82, 2.24) is 5.32 Å². The van der Waals surface area contributed by atoms with Gasteiger partial charge in [-0.05, 0) is 41.5 Å². The number of ether oxygens (including phenoxy) is 1. The normalized spacial score (nSPS) is 25.4. The molecule has 1 N–H and O–H groups in total. The predicted octanol–water partition coefficient (Wildman–Crippen LogP) is 4.37. The summed E-state index contributed by atoms with van der Waals surface area (Å²) in [6.45, 7) is 5.62. The largest absolute Gasteiger partial charge is 0.496 e. The highest BCUT2D eigenvalue weighted by Gasteiger charge is 2.29. The third kappa shape index (κ3) is 2.77. The standard InChI is InChI=1S/C19H25NO/c1-13-8-10-18(14(13)2)20-12-17-16-7-5-4-6-15(16)9-11-19(17)21-3/h4-7,9,11,13-14,18,20H,8,10,12H2,1-3H3. The van der Waals surface area contributed by atoms with Crippen molar-refractivity contribution in [3.8, 4) is 5.75 Å². The Hall–Kier alpha value is -1.54. The predicted molar refractivity (Wildman–Crippen MR) is 88.7 cm³/mol. The van der Waals surface area contributed by atoms with E-state index in [1.807, 2.05) is 0 Å². The molecule has 2 aromatic carbocycles. The third-order valence-corrected chi connectivity index (χ3v) is 5.22. The van der Waals surface area contributed by atoms with E-state index in [1.54, 1.807) is 7.11 Å². The van der Waals surface area contributed by atoms with E-state index in [9.17, 15) is 0 Å². The fraction of sp³-hybridized carbons (Fsp3) is 0.474. The summed E-state index contributed by atoms with van der Waals surface area (Å²) in [6.07, 6.45) is 2.63. The van der Waals surface area contributed by atoms with Crippen LogP contribution in [-0.4, -0.2) is 13.2 Å². The molecule has 3 rings (SSSR count). The van der Waals surface area contributed by atoms with Gasteiger partial charge >= 0.3 is 0 Å². The van der Waals surface area contributed by atoms with Gasteiger partial charge in [0, 0.05) is 18.2 Å². The Bertz CT molecular complexity index is 622. The number of fused-ring (bicyclic) bond motifs is 1. The van der Waals surface area contributed by atoms with E-state index in [0.29, 0.717) is 6.04 Å². The zero-order valence-electron chi connectivity index (χ0n) is 13.2. The van der Waals surface area contributed by atoms with E-state index in [-0.39, 0.29) is 0 Å². The first kappa shape index (κ1) is 14.4. The van der Waals surface area contributed by atoms with Crippen molar-refractivity contribution in [3.05, 3.63) is 42.0 Å². The van der Waals surface area contributed by atoms with Crippen LogP contribution in [-0.2, 0) is 6.54 Å². The average molecular weight is 283 g/mol. The topological polar surface area (TPSA) is 21.3 Å². The van der Waals surface area contributed by atoms with Crippen molar-refractivity contribution in [2.75, 3.05) is 7.11 Å². The van der Waals surface area contributed by atoms with Crippen molar-refractivity contribution in [2.24, 2.45) is 11.8 Å². The van der Waals surface area contributed by atoms with Crippen LogP contribution < -0.4 is 10.1 Å². The van der Waals surface area contributed by atoms with Crippen LogP contribution in [0.3, 0.4) is 0 Å². The van der Waals surface area contributed by atoms with Crippen molar-refractivity contribution in [3.63, 3.8) is 0 Å². The molecule has 112 valence electrons. The van der Waals surface area contributed by atoms with Gasteiger partial charge in [0.2, 0.25) is 0 Å². The molecular weight excluding hydrogens is 258 g/mol. The van der Waals surface area contributed by atoms with Crippen LogP contribution in [0.2, 0.25) is 0 Å². The number of hydrogen-bond donors (Lipinski definition) is 1. The van der Waals surface area contributed by atoms with Gasteiger partial charge in [-0.15, -0.1) is 0 Å². The van der Waals surface area contributed by atoms with E-state index >= 15 is 0 Å². The Labute approximate surface area is 127 Å². The number of methoxy groups -OCH3 is 1. The number of rotatable bonds is 4. The number of benzene rings is 2. The lowest BCUT2D eigenvalue weighted by molar-refractivity contribution is 0.364. The molecule has 3 atom stereocenters. The lowest BCUT2D eigenvalue weighted by atomic mass is 9.97. The second-order valence-corrected chi connectivity index (χ2v) is 6.37. The lowest BCUT2D eigenvalue weighted by Gasteiger charge is -2.21. The van der Waals surface area contributed by atoms with Gasteiger partial charge < -0.3 is 10.1 Å². The molecule has 0 radical (unpaired) electrons. The molecule has 1 saturated carbocycles. The van der Waals surface area contributed by atoms with Crippen LogP contribution in [0.4, 0.5) is 0 Å². The summed E-state index contributed by atoms with van der Waals surface area (Å²) in [5, 5.41) is 6.34. The molecule has 0 saturated heterocycles. The number of hydrogen-bond acceptors (Lipinski definition) is 2. The van der Waals surface area contributed by atoms with Gasteiger partial charge in [0.25, 0.3) is 0 Å². The quantitative estimate of drug-likeness (QED) is 0.899. The third-order valence-electron chi connectivity index (χ3n) is 5.22. The van der Waals surface area contributed by atoms with E-state index in [4.69, 9.17) is 4.74 Å². The second-order valence-electron chi connectivity index (χ2n) is 6.37. The molecule has 3 unspecified atom stereocenters. The highest BCUT2D eigenvalue weighted by molar-refractivity contribution is 5.87. The highest BCUT2D eigenvalue weighted by Crippen LogP contribution is 2.33. The van der Waals surface area contributed by atoms with Gasteiger partial charge in [-0.1, -0.05) is 44.2 Å². The summed E-state index contributed by atoms with van der Waals surface area (Å²) in [5.41, 5.74) is 1.28. The molecule has 1 aliphatic carbocycles. The van der Waals surface area contributed by atoms with Crippen molar-refractivity contribution in [1.29, 1.82) is 0 Å². The van der Waals surface area contributed by atoms with Crippen LogP contribution in [0.25, 0.3) is 10.8 Å². The van der Waals surface area contributed by atoms with E-state index in [0.717, 1.165) is 24.1 Å². The first-order chi connectivity index (χ1) is 10.2. The minimum Gasteiger partial charge on any atom is -0.496 e. The van der Waals surface area contributed by atoms with Crippen molar-refractivity contribution >= 4 is 10.8 Å². The van der Waals surface area contributed by atoms with Gasteiger partial charge in [0.15, 0.2) is 0 Å². The molecule has 0 bridgehead atoms. The summed E-state index contributed by atoms with van der Waals surface area (Å²) in [6, 6.07) is 13.4. The van der Waals surface area contributed by atoms with Gasteiger partial charge in [0.1, 0.15) is 5.75 Å². The maximum atomic E-state index is 5.58. The summed E-state index contributed by atoms with van der Waals surface area (Å²) < 4.78 is 5.58. The zero-order valence-corrected chi connectivity index (χ0v) is 13.2. The van der Waals surface area contributed by atoms with Gasteiger partial charge in [-0.2, -0.15) is 0 Å². The molecule has 0 amide bonds. The van der Waals surface area contributed by atoms with Crippen LogP contribution in [0, 0.1) is 11.8 Å². The van der Waals surface area contributed by atoms with Crippen LogP contribution in [0.1, 0.15) is 32.3 Å². The smallest absolute Gasteiger partial charge is 0.123 e. The lowest BCUT2D eigenvalue weighted by Crippen LogP contribution is -2.32. The number of nitrogens with one attached hydrogen (secondary N) is 1. The summed E-state index contributed by atoms with van der Waals surface area (Å²) >= 11 is 0. The maximum Gasteiger partial charge on any atom is 0.123 e. The second kappa shape index (κ2) is 6.07. The SMILES string of the molecule is COc1ccc2ccccc2c1CNC1CCC(C)C1C. The fourth-order valence-electron chi connectivity index (χ4n) is 3.58. The Morgan fingerprint density at radius 3 is 2.62 bits per heavy atom. The van der Waals surface area contributed by atoms with Crippen molar-refractivity contribution in [2.45, 2.75) is 39.3 Å². The van der Waals surface area contributed by atoms with Gasteiger partial charge in [-0.25, -0.2) is 0 Å². The Morgan fingerprint density at radius 2 is 1.90 bits per heavy atom. The highest BCUT2D eigenvalue weighted by atomic mass is 16.5. The van der Waals surface area contributed by atoms with Crippen LogP contribution >= 0.6 is 0 Å². The molecule has 2 nitrogen and oxygen atoms in total. The molecule has 2 aromatic rings. The van der Waals surface area contributed by atoms with Crippen LogP contribution in [0.5, 0.6) is 5.75 Å².